The summed E-state index contributed by atoms with van der Waals surface area (Å²) in [5.74, 6) is -3.10. The van der Waals surface area contributed by atoms with Crippen LogP contribution in [0.1, 0.15) is 24.5 Å². The Morgan fingerprint density at radius 1 is 1.18 bits per heavy atom. The Morgan fingerprint density at radius 2 is 1.75 bits per heavy atom. The molecule has 2 unspecified atom stereocenters. The maximum Gasteiger partial charge on any atom is 0.307 e. The molecule has 1 amide bonds. The van der Waals surface area contributed by atoms with Crippen LogP contribution in [0, 0.1) is 0 Å². The summed E-state index contributed by atoms with van der Waals surface area (Å²) in [5, 5.41) is 10.8. The van der Waals surface area contributed by atoms with Gasteiger partial charge >= 0.3 is 11.9 Å². The van der Waals surface area contributed by atoms with Gasteiger partial charge in [0.25, 0.3) is 5.91 Å². The molecule has 0 radical (unpaired) electrons. The molecule has 0 aliphatic heterocycles. The fourth-order valence-electron chi connectivity index (χ4n) is 2.14. The van der Waals surface area contributed by atoms with Gasteiger partial charge in [0.05, 0.1) is 23.8 Å². The van der Waals surface area contributed by atoms with Crippen LogP contribution in [0.15, 0.2) is 29.2 Å². The topological polar surface area (TPSA) is 127 Å². The van der Waals surface area contributed by atoms with Crippen LogP contribution in [0.3, 0.4) is 0 Å². The molecule has 0 heterocycles. The second-order valence-electron chi connectivity index (χ2n) is 5.72. The first-order valence-electron chi connectivity index (χ1n) is 7.81. The summed E-state index contributed by atoms with van der Waals surface area (Å²) in [6, 6.07) is 3.65. The van der Waals surface area contributed by atoms with Crippen LogP contribution in [0.5, 0.6) is 0 Å². The zero-order chi connectivity index (χ0) is 21.5. The number of hydrogen-bond donors (Lipinski definition) is 2. The van der Waals surface area contributed by atoms with Crippen molar-refractivity contribution in [1.82, 2.24) is 5.32 Å². The van der Waals surface area contributed by atoms with Crippen molar-refractivity contribution in [2.24, 2.45) is 0 Å². The van der Waals surface area contributed by atoms with Gasteiger partial charge in [-0.25, -0.2) is 12.8 Å². The lowest BCUT2D eigenvalue weighted by Gasteiger charge is -2.26. The molecule has 12 heteroatoms. The van der Waals surface area contributed by atoms with Crippen LogP contribution in [0.2, 0.25) is 0 Å². The van der Waals surface area contributed by atoms with E-state index in [0.717, 1.165) is 6.26 Å². The van der Waals surface area contributed by atoms with Crippen LogP contribution in [0.4, 0.5) is 4.39 Å². The number of carboxylic acid groups (broad SMARTS) is 1. The Labute approximate surface area is 170 Å². The molecular weight excluding hydrogens is 440 g/mol. The first-order chi connectivity index (χ1) is 13.0. The molecule has 0 fully saturated rings. The molecule has 2 atom stereocenters. The molecule has 1 aromatic rings. The number of amides is 1. The highest BCUT2D eigenvalue weighted by Gasteiger charge is 2.30. The van der Waals surface area contributed by atoms with E-state index in [1.165, 1.54) is 24.3 Å². The molecule has 156 valence electrons. The largest absolute Gasteiger partial charge is 0.481 e. The van der Waals surface area contributed by atoms with E-state index < -0.39 is 64.2 Å². The summed E-state index contributed by atoms with van der Waals surface area (Å²) in [7, 11) is -3.49. The first-order valence-corrected chi connectivity index (χ1v) is 10.6. The van der Waals surface area contributed by atoms with Crippen molar-refractivity contribution in [1.29, 1.82) is 0 Å². The fraction of sp³-hybridized carbons (Fsp3) is 0.438. The monoisotopic (exact) mass is 457 g/mol. The fourth-order valence-corrected chi connectivity index (χ4v) is 2.89. The number of esters is 1. The van der Waals surface area contributed by atoms with Gasteiger partial charge in [-0.3, -0.25) is 14.4 Å². The van der Waals surface area contributed by atoms with Gasteiger partial charge in [-0.1, -0.05) is 35.3 Å². The summed E-state index contributed by atoms with van der Waals surface area (Å²) in [4.78, 5) is 32.7. The molecule has 28 heavy (non-hydrogen) atoms. The van der Waals surface area contributed by atoms with E-state index in [9.17, 15) is 27.2 Å². The molecule has 0 aliphatic rings. The Kier molecular flexibility index (Phi) is 9.12. The molecule has 1 aromatic carbocycles. The Balaban J connectivity index is 3.16. The molecule has 0 aliphatic carbocycles. The molecule has 0 saturated heterocycles. The predicted octanol–water partition coefficient (Wildman–Crippen LogP) is 1.80. The molecule has 0 saturated carbocycles. The molecule has 1 rings (SSSR count). The van der Waals surface area contributed by atoms with E-state index in [1.54, 1.807) is 0 Å². The van der Waals surface area contributed by atoms with Crippen molar-refractivity contribution in [3.05, 3.63) is 29.8 Å². The summed E-state index contributed by atoms with van der Waals surface area (Å²) < 4.78 is 41.8. The van der Waals surface area contributed by atoms with E-state index in [1.807, 2.05) is 0 Å². The van der Waals surface area contributed by atoms with Gasteiger partial charge in [0.2, 0.25) is 0 Å². The van der Waals surface area contributed by atoms with Gasteiger partial charge in [-0.15, -0.1) is 0 Å². The van der Waals surface area contributed by atoms with Crippen LogP contribution in [0.25, 0.3) is 0 Å². The average Bonchev–Trinajstić information content (AvgIpc) is 2.61. The summed E-state index contributed by atoms with van der Waals surface area (Å²) in [6.45, 7) is -1.17. The quantitative estimate of drug-likeness (QED) is 0.404. The highest BCUT2D eigenvalue weighted by atomic mass is 35.5. The number of benzene rings is 1. The lowest BCUT2D eigenvalue weighted by Crippen LogP contribution is -2.44. The molecule has 0 bridgehead atoms. The lowest BCUT2D eigenvalue weighted by molar-refractivity contribution is -0.154. The summed E-state index contributed by atoms with van der Waals surface area (Å²) >= 11 is 10.9. The molecule has 0 spiro atoms. The standard InChI is InChI=1S/C16H18Cl2FNO7S/c1-28(25,26)10-4-2-9(3-5-10)14(27-13(23)7-6-12(21)22)11(8-19)20-16(24)15(17)18/h2-5,11,14-15H,6-8H2,1H3,(H,20,24)(H,21,22). The third-order valence-electron chi connectivity index (χ3n) is 3.50. The van der Waals surface area contributed by atoms with Crippen LogP contribution < -0.4 is 5.32 Å². The van der Waals surface area contributed by atoms with Crippen molar-refractivity contribution in [3.63, 3.8) is 0 Å². The Morgan fingerprint density at radius 3 is 2.18 bits per heavy atom. The third-order valence-corrected chi connectivity index (χ3v) is 5.02. The van der Waals surface area contributed by atoms with Crippen molar-refractivity contribution in [2.75, 3.05) is 12.9 Å². The SMILES string of the molecule is CS(=O)(=O)c1ccc(C(OC(=O)CCC(=O)O)C(CF)NC(=O)C(Cl)Cl)cc1. The number of carbonyl (C=O) groups is 3. The van der Waals surface area contributed by atoms with Crippen LogP contribution in [-0.4, -0.2) is 55.2 Å². The van der Waals surface area contributed by atoms with Crippen molar-refractivity contribution in [3.8, 4) is 0 Å². The summed E-state index contributed by atoms with van der Waals surface area (Å²) in [5.41, 5.74) is 0.180. The number of sulfone groups is 1. The first kappa shape index (κ1) is 24.1. The zero-order valence-corrected chi connectivity index (χ0v) is 16.9. The number of rotatable bonds is 10. The Bertz CT molecular complexity index is 815. The van der Waals surface area contributed by atoms with Gasteiger partial charge < -0.3 is 15.2 Å². The van der Waals surface area contributed by atoms with E-state index >= 15 is 0 Å². The lowest BCUT2D eigenvalue weighted by atomic mass is 10.0. The van der Waals surface area contributed by atoms with Crippen LogP contribution in [-0.2, 0) is 29.0 Å². The minimum Gasteiger partial charge on any atom is -0.481 e. The highest BCUT2D eigenvalue weighted by Crippen LogP contribution is 2.25. The molecule has 2 N–H and O–H groups in total. The normalized spacial score (nSPS) is 13.6. The Hall–Kier alpha value is -1.91. The maximum atomic E-state index is 13.6. The van der Waals surface area contributed by atoms with E-state index in [2.05, 4.69) is 5.32 Å². The van der Waals surface area contributed by atoms with Crippen molar-refractivity contribution in [2.45, 2.75) is 34.7 Å². The van der Waals surface area contributed by atoms with Gasteiger partial charge in [0.1, 0.15) is 12.8 Å². The van der Waals surface area contributed by atoms with E-state index in [4.69, 9.17) is 33.0 Å². The third kappa shape index (κ3) is 7.61. The van der Waals surface area contributed by atoms with Gasteiger partial charge in [-0.05, 0) is 17.7 Å². The second kappa shape index (κ2) is 10.6. The maximum absolute atomic E-state index is 13.6. The number of halogens is 3. The van der Waals surface area contributed by atoms with E-state index in [0.29, 0.717) is 0 Å². The molecule has 8 nitrogen and oxygen atoms in total. The molecule has 0 aromatic heterocycles. The van der Waals surface area contributed by atoms with Gasteiger partial charge in [0, 0.05) is 6.26 Å². The highest BCUT2D eigenvalue weighted by molar-refractivity contribution is 7.90. The predicted molar refractivity (Wildman–Crippen MR) is 98.7 cm³/mol. The second-order valence-corrected chi connectivity index (χ2v) is 8.83. The van der Waals surface area contributed by atoms with E-state index in [-0.39, 0.29) is 10.5 Å². The average molecular weight is 458 g/mol. The molecular formula is C16H18Cl2FNO7S. The summed E-state index contributed by atoms with van der Waals surface area (Å²) in [6.07, 6.45) is -1.35. The number of alkyl halides is 3. The number of carbonyl (C=O) groups excluding carboxylic acids is 2. The van der Waals surface area contributed by atoms with Crippen LogP contribution >= 0.6 is 23.2 Å². The van der Waals surface area contributed by atoms with Crippen molar-refractivity contribution >= 4 is 50.9 Å². The minimum atomic E-state index is -3.49. The number of ether oxygens (including phenoxy) is 1. The smallest absolute Gasteiger partial charge is 0.307 e. The number of aliphatic carboxylic acids is 1. The number of nitrogens with one attached hydrogen (secondary N) is 1. The number of hydrogen-bond acceptors (Lipinski definition) is 6. The zero-order valence-electron chi connectivity index (χ0n) is 14.6. The number of carboxylic acids is 1. The minimum absolute atomic E-state index is 0.0189. The van der Waals surface area contributed by atoms with Gasteiger partial charge in [0.15, 0.2) is 14.7 Å². The van der Waals surface area contributed by atoms with Gasteiger partial charge in [-0.2, -0.15) is 0 Å². The van der Waals surface area contributed by atoms with Crippen molar-refractivity contribution < 1.29 is 37.0 Å².